The molecule has 0 aliphatic carbocycles. The van der Waals surface area contributed by atoms with Gasteiger partial charge in [-0.2, -0.15) is 0 Å². The minimum atomic E-state index is -0.159. The van der Waals surface area contributed by atoms with E-state index < -0.39 is 0 Å². The van der Waals surface area contributed by atoms with Gasteiger partial charge in [0.25, 0.3) is 0 Å². The third kappa shape index (κ3) is 5.01. The number of nitrogens with one attached hydrogen (secondary N) is 1. The summed E-state index contributed by atoms with van der Waals surface area (Å²) in [5.74, 6) is 0.0414. The molecule has 1 amide bonds. The lowest BCUT2D eigenvalue weighted by atomic mass is 10.1. The van der Waals surface area contributed by atoms with E-state index in [1.54, 1.807) is 0 Å². The highest BCUT2D eigenvalue weighted by atomic mass is 16.7. The van der Waals surface area contributed by atoms with Crippen LogP contribution < -0.4 is 5.32 Å². The average molecular weight is 263 g/mol. The van der Waals surface area contributed by atoms with Crippen molar-refractivity contribution < 1.29 is 14.3 Å². The molecule has 4 nitrogen and oxygen atoms in total. The Morgan fingerprint density at radius 2 is 1.95 bits per heavy atom. The van der Waals surface area contributed by atoms with Gasteiger partial charge in [-0.15, -0.1) is 0 Å². The number of carbonyl (C=O) groups excluding carboxylic acids is 1. The number of rotatable bonds is 5. The summed E-state index contributed by atoms with van der Waals surface area (Å²) < 4.78 is 10.8. The van der Waals surface area contributed by atoms with Gasteiger partial charge in [0.05, 0.1) is 19.6 Å². The second-order valence-corrected chi connectivity index (χ2v) is 4.83. The van der Waals surface area contributed by atoms with Crippen molar-refractivity contribution in [2.75, 3.05) is 19.8 Å². The van der Waals surface area contributed by atoms with Crippen LogP contribution in [0, 0.1) is 6.92 Å². The molecule has 1 aliphatic rings. The summed E-state index contributed by atoms with van der Waals surface area (Å²) in [5, 5.41) is 2.89. The molecule has 1 N–H and O–H groups in total. The molecule has 0 saturated carbocycles. The summed E-state index contributed by atoms with van der Waals surface area (Å²) in [6, 6.07) is 8.02. The number of hydrogen-bond donors (Lipinski definition) is 1. The maximum absolute atomic E-state index is 11.7. The third-order valence-corrected chi connectivity index (χ3v) is 3.08. The van der Waals surface area contributed by atoms with E-state index in [0.29, 0.717) is 19.4 Å². The van der Waals surface area contributed by atoms with E-state index in [4.69, 9.17) is 9.47 Å². The summed E-state index contributed by atoms with van der Waals surface area (Å²) in [6.45, 7) is 4.13. The van der Waals surface area contributed by atoms with Gasteiger partial charge >= 0.3 is 0 Å². The average Bonchev–Trinajstić information content (AvgIpc) is 2.43. The van der Waals surface area contributed by atoms with Crippen molar-refractivity contribution in [3.8, 4) is 0 Å². The molecule has 1 aliphatic heterocycles. The Morgan fingerprint density at radius 1 is 1.26 bits per heavy atom. The first-order valence-corrected chi connectivity index (χ1v) is 6.79. The highest BCUT2D eigenvalue weighted by Gasteiger charge is 2.13. The normalized spacial score (nSPS) is 16.3. The molecule has 1 aromatic rings. The van der Waals surface area contributed by atoms with Gasteiger partial charge in [-0.1, -0.05) is 29.8 Å². The minimum absolute atomic E-state index is 0.0414. The molecule has 0 spiro atoms. The topological polar surface area (TPSA) is 47.6 Å². The molecule has 1 fully saturated rings. The molecular weight excluding hydrogens is 242 g/mol. The highest BCUT2D eigenvalue weighted by molar-refractivity contribution is 5.78. The van der Waals surface area contributed by atoms with E-state index in [1.165, 1.54) is 5.56 Å². The zero-order valence-corrected chi connectivity index (χ0v) is 11.4. The lowest BCUT2D eigenvalue weighted by Gasteiger charge is -2.23. The van der Waals surface area contributed by atoms with Crippen molar-refractivity contribution in [3.63, 3.8) is 0 Å². The number of aryl methyl sites for hydroxylation is 1. The van der Waals surface area contributed by atoms with E-state index in [0.717, 1.165) is 25.2 Å². The van der Waals surface area contributed by atoms with Gasteiger partial charge < -0.3 is 14.8 Å². The van der Waals surface area contributed by atoms with Gasteiger partial charge in [-0.25, -0.2) is 0 Å². The third-order valence-electron chi connectivity index (χ3n) is 3.08. The zero-order valence-electron chi connectivity index (χ0n) is 11.4. The van der Waals surface area contributed by atoms with Gasteiger partial charge in [0.2, 0.25) is 5.91 Å². The summed E-state index contributed by atoms with van der Waals surface area (Å²) in [6.07, 6.45) is 1.93. The summed E-state index contributed by atoms with van der Waals surface area (Å²) in [5.41, 5.74) is 2.24. The Bertz CT molecular complexity index is 396. The zero-order chi connectivity index (χ0) is 13.5. The Kier molecular flexibility index (Phi) is 5.36. The Morgan fingerprint density at radius 3 is 2.63 bits per heavy atom. The van der Waals surface area contributed by atoms with Crippen LogP contribution in [-0.2, 0) is 20.7 Å². The van der Waals surface area contributed by atoms with Crippen LogP contribution in [-0.4, -0.2) is 32.0 Å². The van der Waals surface area contributed by atoms with E-state index in [9.17, 15) is 4.79 Å². The van der Waals surface area contributed by atoms with Gasteiger partial charge in [-0.3, -0.25) is 4.79 Å². The Labute approximate surface area is 114 Å². The standard InChI is InChI=1S/C15H21NO3/c1-12-3-5-13(6-4-12)11-14(17)16-8-7-15-18-9-2-10-19-15/h3-6,15H,2,7-11H2,1H3,(H,16,17). The molecule has 0 atom stereocenters. The number of ether oxygens (including phenoxy) is 2. The van der Waals surface area contributed by atoms with Crippen LogP contribution in [0.15, 0.2) is 24.3 Å². The number of carbonyl (C=O) groups is 1. The lowest BCUT2D eigenvalue weighted by molar-refractivity contribution is -0.180. The van der Waals surface area contributed by atoms with E-state index in [-0.39, 0.29) is 12.2 Å². The molecule has 1 saturated heterocycles. The molecule has 2 rings (SSSR count). The van der Waals surface area contributed by atoms with Crippen molar-refractivity contribution in [1.82, 2.24) is 5.32 Å². The molecule has 0 aromatic heterocycles. The molecule has 1 heterocycles. The van der Waals surface area contributed by atoms with Crippen molar-refractivity contribution in [3.05, 3.63) is 35.4 Å². The van der Waals surface area contributed by atoms with Gasteiger partial charge in [0.1, 0.15) is 0 Å². The molecule has 4 heteroatoms. The predicted molar refractivity (Wildman–Crippen MR) is 72.8 cm³/mol. The Balaban J connectivity index is 1.65. The maximum atomic E-state index is 11.7. The SMILES string of the molecule is Cc1ccc(CC(=O)NCCC2OCCCO2)cc1. The van der Waals surface area contributed by atoms with E-state index in [1.807, 2.05) is 31.2 Å². The first-order chi connectivity index (χ1) is 9.24. The quantitative estimate of drug-likeness (QED) is 0.881. The molecule has 0 unspecified atom stereocenters. The fourth-order valence-corrected chi connectivity index (χ4v) is 1.99. The largest absolute Gasteiger partial charge is 0.356 e. The molecule has 0 bridgehead atoms. The second-order valence-electron chi connectivity index (χ2n) is 4.83. The van der Waals surface area contributed by atoms with Crippen LogP contribution in [0.25, 0.3) is 0 Å². The molecule has 19 heavy (non-hydrogen) atoms. The second kappa shape index (κ2) is 7.26. The minimum Gasteiger partial charge on any atom is -0.356 e. The van der Waals surface area contributed by atoms with E-state index >= 15 is 0 Å². The van der Waals surface area contributed by atoms with Crippen LogP contribution in [0.5, 0.6) is 0 Å². The molecule has 104 valence electrons. The molecule has 0 radical (unpaired) electrons. The van der Waals surface area contributed by atoms with Gasteiger partial charge in [0.15, 0.2) is 6.29 Å². The van der Waals surface area contributed by atoms with Crippen molar-refractivity contribution in [2.24, 2.45) is 0 Å². The number of hydrogen-bond acceptors (Lipinski definition) is 3. The number of benzene rings is 1. The smallest absolute Gasteiger partial charge is 0.224 e. The van der Waals surface area contributed by atoms with Crippen molar-refractivity contribution in [2.45, 2.75) is 32.5 Å². The van der Waals surface area contributed by atoms with Crippen LogP contribution in [0.2, 0.25) is 0 Å². The van der Waals surface area contributed by atoms with Gasteiger partial charge in [0, 0.05) is 13.0 Å². The fraction of sp³-hybridized carbons (Fsp3) is 0.533. The van der Waals surface area contributed by atoms with Crippen molar-refractivity contribution in [1.29, 1.82) is 0 Å². The molecule has 1 aromatic carbocycles. The van der Waals surface area contributed by atoms with Crippen LogP contribution in [0.1, 0.15) is 24.0 Å². The summed E-state index contributed by atoms with van der Waals surface area (Å²) in [7, 11) is 0. The molecular formula is C15H21NO3. The Hall–Kier alpha value is -1.39. The summed E-state index contributed by atoms with van der Waals surface area (Å²) in [4.78, 5) is 11.7. The monoisotopic (exact) mass is 263 g/mol. The van der Waals surface area contributed by atoms with Crippen LogP contribution in [0.3, 0.4) is 0 Å². The highest BCUT2D eigenvalue weighted by Crippen LogP contribution is 2.07. The maximum Gasteiger partial charge on any atom is 0.224 e. The first-order valence-electron chi connectivity index (χ1n) is 6.79. The van der Waals surface area contributed by atoms with Crippen LogP contribution in [0.4, 0.5) is 0 Å². The van der Waals surface area contributed by atoms with Gasteiger partial charge in [-0.05, 0) is 18.9 Å². The van der Waals surface area contributed by atoms with Crippen LogP contribution >= 0.6 is 0 Å². The summed E-state index contributed by atoms with van der Waals surface area (Å²) >= 11 is 0. The number of amides is 1. The van der Waals surface area contributed by atoms with Crippen molar-refractivity contribution >= 4 is 5.91 Å². The first kappa shape index (κ1) is 14.0. The van der Waals surface area contributed by atoms with E-state index in [2.05, 4.69) is 5.32 Å². The fourth-order valence-electron chi connectivity index (χ4n) is 1.99. The lowest BCUT2D eigenvalue weighted by Crippen LogP contribution is -2.32. The predicted octanol–water partition coefficient (Wildman–Crippen LogP) is 1.81.